The molecule has 0 saturated heterocycles. The molecule has 0 unspecified atom stereocenters. The van der Waals surface area contributed by atoms with Crippen molar-refractivity contribution in [2.45, 2.75) is 6.54 Å². The zero-order chi connectivity index (χ0) is 15.7. The summed E-state index contributed by atoms with van der Waals surface area (Å²) in [7, 11) is 1.92. The second-order valence-electron chi connectivity index (χ2n) is 5.01. The van der Waals surface area contributed by atoms with E-state index in [1.54, 1.807) is 17.4 Å². The number of amides is 1. The van der Waals surface area contributed by atoms with Crippen LogP contribution in [0.25, 0.3) is 10.1 Å². The predicted octanol–water partition coefficient (Wildman–Crippen LogP) is 3.69. The normalized spacial score (nSPS) is 10.8. The third-order valence-electron chi connectivity index (χ3n) is 3.44. The van der Waals surface area contributed by atoms with Crippen LogP contribution in [0.15, 0.2) is 41.9 Å². The third-order valence-corrected chi connectivity index (χ3v) is 4.73. The van der Waals surface area contributed by atoms with Gasteiger partial charge < -0.3 is 10.6 Å². The van der Waals surface area contributed by atoms with Gasteiger partial charge in [0.2, 0.25) is 5.91 Å². The molecule has 0 aliphatic carbocycles. The standard InChI is InChI=1S/C16H14ClN3OS/c1-20(16-13(17)6-10(7-19-16)15(18)21)8-11-9-22-14-5-3-2-4-12(11)14/h2-7,9H,8H2,1H3,(H2,18,21). The average Bonchev–Trinajstić information content (AvgIpc) is 2.90. The van der Waals surface area contributed by atoms with Crippen molar-refractivity contribution in [3.05, 3.63) is 58.1 Å². The number of aromatic nitrogens is 1. The molecule has 22 heavy (non-hydrogen) atoms. The van der Waals surface area contributed by atoms with Crippen molar-refractivity contribution < 1.29 is 4.79 Å². The molecule has 1 aromatic carbocycles. The number of benzene rings is 1. The molecule has 0 aliphatic rings. The number of pyridine rings is 1. The number of nitrogens with zero attached hydrogens (tertiary/aromatic N) is 2. The number of rotatable bonds is 4. The largest absolute Gasteiger partial charge is 0.366 e. The van der Waals surface area contributed by atoms with Crippen molar-refractivity contribution >= 4 is 44.7 Å². The fourth-order valence-electron chi connectivity index (χ4n) is 2.33. The maximum absolute atomic E-state index is 11.1. The highest BCUT2D eigenvalue weighted by atomic mass is 35.5. The van der Waals surface area contributed by atoms with Crippen LogP contribution in [-0.4, -0.2) is 17.9 Å². The van der Waals surface area contributed by atoms with Crippen molar-refractivity contribution in [2.24, 2.45) is 5.73 Å². The van der Waals surface area contributed by atoms with Gasteiger partial charge in [-0.1, -0.05) is 29.8 Å². The molecule has 4 nitrogen and oxygen atoms in total. The Labute approximate surface area is 137 Å². The smallest absolute Gasteiger partial charge is 0.250 e. The lowest BCUT2D eigenvalue weighted by atomic mass is 10.1. The highest BCUT2D eigenvalue weighted by molar-refractivity contribution is 7.17. The first-order chi connectivity index (χ1) is 10.6. The molecule has 3 aromatic rings. The summed E-state index contributed by atoms with van der Waals surface area (Å²) in [6, 6.07) is 9.84. The fraction of sp³-hybridized carbons (Fsp3) is 0.125. The number of carbonyl (C=O) groups excluding carboxylic acids is 1. The Morgan fingerprint density at radius 3 is 2.91 bits per heavy atom. The van der Waals surface area contributed by atoms with Crippen LogP contribution >= 0.6 is 22.9 Å². The number of halogens is 1. The molecule has 0 atom stereocenters. The first-order valence-electron chi connectivity index (χ1n) is 6.68. The highest BCUT2D eigenvalue weighted by Gasteiger charge is 2.13. The van der Waals surface area contributed by atoms with E-state index >= 15 is 0 Å². The van der Waals surface area contributed by atoms with Crippen LogP contribution in [0.3, 0.4) is 0 Å². The van der Waals surface area contributed by atoms with Crippen molar-refractivity contribution in [3.63, 3.8) is 0 Å². The van der Waals surface area contributed by atoms with E-state index in [0.717, 1.165) is 0 Å². The zero-order valence-electron chi connectivity index (χ0n) is 11.9. The first-order valence-corrected chi connectivity index (χ1v) is 7.93. The van der Waals surface area contributed by atoms with Crippen LogP contribution in [0.2, 0.25) is 5.02 Å². The third kappa shape index (κ3) is 2.77. The lowest BCUT2D eigenvalue weighted by Crippen LogP contribution is -2.19. The maximum Gasteiger partial charge on any atom is 0.250 e. The van der Waals surface area contributed by atoms with Gasteiger partial charge in [0.15, 0.2) is 0 Å². The molecule has 112 valence electrons. The fourth-order valence-corrected chi connectivity index (χ4v) is 3.60. The number of nitrogens with two attached hydrogens (primary N) is 1. The predicted molar refractivity (Wildman–Crippen MR) is 91.7 cm³/mol. The summed E-state index contributed by atoms with van der Waals surface area (Å²) >= 11 is 7.94. The number of thiophene rings is 1. The first kappa shape index (κ1) is 14.8. The minimum absolute atomic E-state index is 0.308. The van der Waals surface area contributed by atoms with Crippen LogP contribution < -0.4 is 10.6 Å². The van der Waals surface area contributed by atoms with Gasteiger partial charge >= 0.3 is 0 Å². The summed E-state index contributed by atoms with van der Waals surface area (Å²) in [6.07, 6.45) is 1.45. The second kappa shape index (κ2) is 5.94. The Morgan fingerprint density at radius 1 is 1.41 bits per heavy atom. The number of anilines is 1. The molecule has 2 N–H and O–H groups in total. The molecule has 0 saturated carbocycles. The highest BCUT2D eigenvalue weighted by Crippen LogP contribution is 2.29. The lowest BCUT2D eigenvalue weighted by Gasteiger charge is -2.19. The Hall–Kier alpha value is -2.11. The maximum atomic E-state index is 11.1. The summed E-state index contributed by atoms with van der Waals surface area (Å²) in [4.78, 5) is 17.4. The Kier molecular flexibility index (Phi) is 4.00. The number of hydrogen-bond acceptors (Lipinski definition) is 4. The van der Waals surface area contributed by atoms with Crippen LogP contribution in [0.5, 0.6) is 0 Å². The Balaban J connectivity index is 1.88. The van der Waals surface area contributed by atoms with E-state index in [9.17, 15) is 4.79 Å². The molecule has 0 radical (unpaired) electrons. The SMILES string of the molecule is CN(Cc1csc2ccccc12)c1ncc(C(N)=O)cc1Cl. The van der Waals surface area contributed by atoms with Crippen molar-refractivity contribution in [1.29, 1.82) is 0 Å². The van der Waals surface area contributed by atoms with Crippen molar-refractivity contribution in [2.75, 3.05) is 11.9 Å². The minimum atomic E-state index is -0.535. The van der Waals surface area contributed by atoms with Crippen LogP contribution in [0.1, 0.15) is 15.9 Å². The molecule has 0 fully saturated rings. The molecule has 0 aliphatic heterocycles. The van der Waals surface area contributed by atoms with E-state index in [4.69, 9.17) is 17.3 Å². The van der Waals surface area contributed by atoms with E-state index in [0.29, 0.717) is 22.9 Å². The van der Waals surface area contributed by atoms with Crippen molar-refractivity contribution in [1.82, 2.24) is 4.98 Å². The van der Waals surface area contributed by atoms with Crippen molar-refractivity contribution in [3.8, 4) is 0 Å². The molecule has 6 heteroatoms. The van der Waals surface area contributed by atoms with E-state index in [1.807, 2.05) is 24.1 Å². The molecule has 2 aromatic heterocycles. The molecule has 0 bridgehead atoms. The second-order valence-corrected chi connectivity index (χ2v) is 6.33. The Morgan fingerprint density at radius 2 is 2.18 bits per heavy atom. The molecular formula is C16H14ClN3OS. The molecule has 3 rings (SSSR count). The van der Waals surface area contributed by atoms with E-state index < -0.39 is 5.91 Å². The summed E-state index contributed by atoms with van der Waals surface area (Å²) in [5.74, 6) is 0.0920. The molecule has 0 spiro atoms. The number of fused-ring (bicyclic) bond motifs is 1. The summed E-state index contributed by atoms with van der Waals surface area (Å²) < 4.78 is 1.26. The van der Waals surface area contributed by atoms with Gasteiger partial charge in [-0.3, -0.25) is 4.79 Å². The molecule has 2 heterocycles. The van der Waals surface area contributed by atoms with Gasteiger partial charge in [0, 0.05) is 24.5 Å². The van der Waals surface area contributed by atoms with Gasteiger partial charge in [-0.15, -0.1) is 11.3 Å². The van der Waals surface area contributed by atoms with Gasteiger partial charge in [-0.2, -0.15) is 0 Å². The van der Waals surface area contributed by atoms with Crippen LogP contribution in [0.4, 0.5) is 5.82 Å². The van der Waals surface area contributed by atoms with Crippen LogP contribution in [0, 0.1) is 0 Å². The number of carbonyl (C=O) groups is 1. The molecular weight excluding hydrogens is 318 g/mol. The van der Waals surface area contributed by atoms with E-state index in [1.165, 1.54) is 21.8 Å². The van der Waals surface area contributed by atoms with E-state index in [-0.39, 0.29) is 0 Å². The summed E-state index contributed by atoms with van der Waals surface area (Å²) in [5.41, 5.74) is 6.76. The average molecular weight is 332 g/mol. The lowest BCUT2D eigenvalue weighted by molar-refractivity contribution is 0.1000. The molecule has 1 amide bonds. The number of primary amides is 1. The minimum Gasteiger partial charge on any atom is -0.366 e. The summed E-state index contributed by atoms with van der Waals surface area (Å²) in [6.45, 7) is 0.687. The Bertz CT molecular complexity index is 846. The summed E-state index contributed by atoms with van der Waals surface area (Å²) in [5, 5.41) is 3.80. The zero-order valence-corrected chi connectivity index (χ0v) is 13.5. The van der Waals surface area contributed by atoms with Gasteiger partial charge in [-0.25, -0.2) is 4.98 Å². The van der Waals surface area contributed by atoms with Crippen LogP contribution in [-0.2, 0) is 6.54 Å². The van der Waals surface area contributed by atoms with E-state index in [2.05, 4.69) is 22.5 Å². The quantitative estimate of drug-likeness (QED) is 0.793. The van der Waals surface area contributed by atoms with Gasteiger partial charge in [-0.05, 0) is 28.5 Å². The van der Waals surface area contributed by atoms with Gasteiger partial charge in [0.25, 0.3) is 0 Å². The van der Waals surface area contributed by atoms with Gasteiger partial charge in [0.05, 0.1) is 10.6 Å². The monoisotopic (exact) mass is 331 g/mol. The number of hydrogen-bond donors (Lipinski definition) is 1. The van der Waals surface area contributed by atoms with Gasteiger partial charge in [0.1, 0.15) is 5.82 Å². The topological polar surface area (TPSA) is 59.2 Å².